The van der Waals surface area contributed by atoms with Crippen molar-refractivity contribution in [3.05, 3.63) is 86.5 Å². The second-order valence-electron chi connectivity index (χ2n) is 10.2. The van der Waals surface area contributed by atoms with Crippen molar-refractivity contribution >= 4 is 46.6 Å². The van der Waals surface area contributed by atoms with Crippen molar-refractivity contribution in [1.29, 1.82) is 0 Å². The number of carboxylic acid groups (broad SMARTS) is 1. The van der Waals surface area contributed by atoms with Gasteiger partial charge in [-0.3, -0.25) is 4.79 Å². The number of carbonyl (C=O) groups is 2. The summed E-state index contributed by atoms with van der Waals surface area (Å²) in [5, 5.41) is 13.1. The summed E-state index contributed by atoms with van der Waals surface area (Å²) in [5.41, 5.74) is 11.0. The highest BCUT2D eigenvalue weighted by Crippen LogP contribution is 2.35. The molecule has 1 saturated heterocycles. The molecule has 1 aromatic heterocycles. The lowest BCUT2D eigenvalue weighted by molar-refractivity contribution is -0.142. The number of rotatable bonds is 8. The molecule has 0 saturated carbocycles. The molecule has 8 nitrogen and oxygen atoms in total. The Labute approximate surface area is 237 Å². The number of methoxy groups -OCH3 is 1. The maximum atomic E-state index is 11.5. The number of hydrogen-bond donors (Lipinski definition) is 3. The molecule has 0 spiro atoms. The van der Waals surface area contributed by atoms with Gasteiger partial charge in [0.05, 0.1) is 22.7 Å². The predicted octanol–water partition coefficient (Wildman–Crippen LogP) is 4.56. The second kappa shape index (κ2) is 11.4. The monoisotopic (exact) mass is 568 g/mol. The Hall–Kier alpha value is -3.33. The van der Waals surface area contributed by atoms with E-state index < -0.39 is 18.0 Å². The fourth-order valence-electron chi connectivity index (χ4n) is 5.32. The third-order valence-corrected chi connectivity index (χ3v) is 8.08. The molecule has 204 valence electrons. The Balaban J connectivity index is 1.15. The molecule has 0 radical (unpaired) electrons. The van der Waals surface area contributed by atoms with Crippen LogP contribution in [0.4, 0.5) is 11.5 Å². The van der Waals surface area contributed by atoms with Crippen molar-refractivity contribution in [3.63, 3.8) is 0 Å². The number of carbonyl (C=O) groups excluding carboxylic acids is 1. The number of fused-ring (bicyclic) bond motifs is 1. The number of nitrogens with one attached hydrogen (secondary N) is 1. The molecule has 0 amide bonds. The summed E-state index contributed by atoms with van der Waals surface area (Å²) in [6.45, 7) is 2.59. The molecule has 39 heavy (non-hydrogen) atoms. The van der Waals surface area contributed by atoms with Crippen LogP contribution < -0.4 is 16.0 Å². The minimum Gasteiger partial charge on any atom is -0.478 e. The molecule has 5 rings (SSSR count). The summed E-state index contributed by atoms with van der Waals surface area (Å²) in [6.07, 6.45) is 2.13. The van der Waals surface area contributed by atoms with Gasteiger partial charge in [0, 0.05) is 36.9 Å². The Bertz CT molecular complexity index is 1370. The first kappa shape index (κ1) is 27.2. The van der Waals surface area contributed by atoms with Crippen LogP contribution in [0.5, 0.6) is 0 Å². The lowest BCUT2D eigenvalue weighted by Gasteiger charge is -2.41. The number of benzene rings is 2. The molecular weight excluding hydrogens is 539 g/mol. The average molecular weight is 569 g/mol. The topological polar surface area (TPSA) is 118 Å². The maximum absolute atomic E-state index is 11.5. The van der Waals surface area contributed by atoms with Gasteiger partial charge in [-0.15, -0.1) is 0 Å². The van der Waals surface area contributed by atoms with Gasteiger partial charge in [-0.2, -0.15) is 0 Å². The number of esters is 1. The Kier molecular flexibility index (Phi) is 7.98. The van der Waals surface area contributed by atoms with E-state index in [2.05, 4.69) is 34.5 Å². The minimum absolute atomic E-state index is 0.0653. The van der Waals surface area contributed by atoms with Crippen molar-refractivity contribution in [3.8, 4) is 0 Å². The molecule has 1 unspecified atom stereocenters. The molecule has 1 fully saturated rings. The van der Waals surface area contributed by atoms with Crippen LogP contribution in [0, 0.1) is 5.92 Å². The van der Waals surface area contributed by atoms with E-state index in [1.54, 1.807) is 12.1 Å². The van der Waals surface area contributed by atoms with E-state index in [9.17, 15) is 14.7 Å². The van der Waals surface area contributed by atoms with Crippen LogP contribution >= 0.6 is 23.2 Å². The van der Waals surface area contributed by atoms with Gasteiger partial charge in [0.2, 0.25) is 0 Å². The van der Waals surface area contributed by atoms with Gasteiger partial charge in [0.15, 0.2) is 0 Å². The standard InChI is InChI=1S/C29H30Cl2N4O4/c1-39-29(38)25(32)9-16-2-6-22(7-3-16)35-14-17(15-35)8-21-5-4-18-10-20(13-33-27(18)34-21)19-11-23(30)26(28(36)37)24(31)12-19/h2-7,11-12,17,20,25H,8-10,13-15,32H2,1H3,(H,33,34)(H,36,37)/t20?,25-/m0/s1. The number of pyridine rings is 1. The van der Waals surface area contributed by atoms with E-state index in [0.29, 0.717) is 18.9 Å². The van der Waals surface area contributed by atoms with E-state index in [4.69, 9.17) is 38.7 Å². The lowest BCUT2D eigenvalue weighted by Crippen LogP contribution is -2.47. The molecule has 3 heterocycles. The summed E-state index contributed by atoms with van der Waals surface area (Å²) in [5.74, 6) is 0.00488. The number of carboxylic acids is 1. The third-order valence-electron chi connectivity index (χ3n) is 7.48. The first-order valence-electron chi connectivity index (χ1n) is 12.8. The highest BCUT2D eigenvalue weighted by atomic mass is 35.5. The largest absolute Gasteiger partial charge is 0.478 e. The van der Waals surface area contributed by atoms with Gasteiger partial charge in [-0.1, -0.05) is 41.4 Å². The van der Waals surface area contributed by atoms with Crippen molar-refractivity contribution in [1.82, 2.24) is 4.98 Å². The van der Waals surface area contributed by atoms with Crippen LogP contribution in [-0.2, 0) is 28.8 Å². The fourth-order valence-corrected chi connectivity index (χ4v) is 5.99. The summed E-state index contributed by atoms with van der Waals surface area (Å²) in [6, 6.07) is 15.1. The molecule has 0 aliphatic carbocycles. The van der Waals surface area contributed by atoms with Crippen LogP contribution in [0.3, 0.4) is 0 Å². The number of ether oxygens (including phenoxy) is 1. The Morgan fingerprint density at radius 1 is 1.15 bits per heavy atom. The molecule has 2 aliphatic heterocycles. The number of hydrogen-bond acceptors (Lipinski definition) is 7. The first-order valence-corrected chi connectivity index (χ1v) is 13.6. The van der Waals surface area contributed by atoms with E-state index in [1.807, 2.05) is 12.1 Å². The van der Waals surface area contributed by atoms with Gasteiger partial charge in [0.1, 0.15) is 11.9 Å². The summed E-state index contributed by atoms with van der Waals surface area (Å²) < 4.78 is 4.70. The SMILES string of the molecule is COC(=O)[C@@H](N)Cc1ccc(N2CC(Cc3ccc4c(n3)NCC(c3cc(Cl)c(C(=O)O)c(Cl)c3)C4)C2)cc1. The second-order valence-corrected chi connectivity index (χ2v) is 11.0. The lowest BCUT2D eigenvalue weighted by atomic mass is 9.88. The highest BCUT2D eigenvalue weighted by molar-refractivity contribution is 6.39. The quantitative estimate of drug-likeness (QED) is 0.338. The van der Waals surface area contributed by atoms with Crippen molar-refractivity contribution in [2.24, 2.45) is 11.7 Å². The van der Waals surface area contributed by atoms with Crippen LogP contribution in [0.2, 0.25) is 10.0 Å². The number of anilines is 2. The van der Waals surface area contributed by atoms with E-state index in [0.717, 1.165) is 59.8 Å². The molecule has 3 aromatic rings. The van der Waals surface area contributed by atoms with E-state index in [1.165, 1.54) is 7.11 Å². The number of halogens is 2. The van der Waals surface area contributed by atoms with Crippen molar-refractivity contribution in [2.45, 2.75) is 31.2 Å². The van der Waals surface area contributed by atoms with Crippen LogP contribution in [-0.4, -0.2) is 54.8 Å². The zero-order chi connectivity index (χ0) is 27.7. The third kappa shape index (κ3) is 5.98. The van der Waals surface area contributed by atoms with E-state index >= 15 is 0 Å². The van der Waals surface area contributed by atoms with Crippen molar-refractivity contribution in [2.75, 3.05) is 37.0 Å². The van der Waals surface area contributed by atoms with Crippen molar-refractivity contribution < 1.29 is 19.4 Å². The molecule has 0 bridgehead atoms. The zero-order valence-electron chi connectivity index (χ0n) is 21.5. The van der Waals surface area contributed by atoms with Crippen LogP contribution in [0.1, 0.15) is 38.7 Å². The van der Waals surface area contributed by atoms with Gasteiger partial charge >= 0.3 is 11.9 Å². The van der Waals surface area contributed by atoms with E-state index in [-0.39, 0.29) is 21.5 Å². The number of nitrogens with zero attached hydrogens (tertiary/aromatic N) is 2. The summed E-state index contributed by atoms with van der Waals surface area (Å²) in [7, 11) is 1.34. The smallest absolute Gasteiger partial charge is 0.338 e. The zero-order valence-corrected chi connectivity index (χ0v) is 23.0. The maximum Gasteiger partial charge on any atom is 0.338 e. The number of aromatic carboxylic acids is 1. The minimum atomic E-state index is -1.13. The predicted molar refractivity (Wildman–Crippen MR) is 152 cm³/mol. The molecule has 2 aliphatic rings. The van der Waals surface area contributed by atoms with Gasteiger partial charge in [0.25, 0.3) is 0 Å². The summed E-state index contributed by atoms with van der Waals surface area (Å²) >= 11 is 12.4. The first-order chi connectivity index (χ1) is 18.7. The number of aromatic nitrogens is 1. The highest BCUT2D eigenvalue weighted by Gasteiger charge is 2.29. The molecule has 2 atom stereocenters. The van der Waals surface area contributed by atoms with Crippen LogP contribution in [0.25, 0.3) is 0 Å². The molecule has 2 aromatic carbocycles. The molecule has 10 heteroatoms. The Morgan fingerprint density at radius 2 is 1.85 bits per heavy atom. The van der Waals surface area contributed by atoms with Gasteiger partial charge < -0.3 is 25.8 Å². The molecule has 4 N–H and O–H groups in total. The van der Waals surface area contributed by atoms with Gasteiger partial charge in [-0.25, -0.2) is 9.78 Å². The number of nitrogens with two attached hydrogens (primary N) is 1. The summed E-state index contributed by atoms with van der Waals surface area (Å²) in [4.78, 5) is 30.1. The van der Waals surface area contributed by atoms with Crippen LogP contribution in [0.15, 0.2) is 48.5 Å². The fraction of sp³-hybridized carbons (Fsp3) is 0.345. The average Bonchev–Trinajstić information content (AvgIpc) is 2.89. The normalized spacial score (nSPS) is 17.5. The molecular formula is C29H30Cl2N4O4. The van der Waals surface area contributed by atoms with Gasteiger partial charge in [-0.05, 0) is 72.2 Å². The Morgan fingerprint density at radius 3 is 2.49 bits per heavy atom.